The molecule has 0 spiro atoms. The van der Waals surface area contributed by atoms with Crippen LogP contribution in [0.2, 0.25) is 4.47 Å². The molecule has 0 aliphatic heterocycles. The topological polar surface area (TPSA) is 34.1 Å². The van der Waals surface area contributed by atoms with Crippen molar-refractivity contribution < 1.29 is 4.74 Å². The minimum Gasteiger partial charge on any atom is -0.488 e. The van der Waals surface area contributed by atoms with Gasteiger partial charge in [0.05, 0.1) is 4.88 Å². The summed E-state index contributed by atoms with van der Waals surface area (Å²) in [6.45, 7) is 1.34. The number of hydrogen-bond acceptors (Lipinski definition) is 4. The van der Waals surface area contributed by atoms with Gasteiger partial charge in [-0.1, -0.05) is 23.7 Å². The third-order valence-electron chi connectivity index (χ3n) is 2.19. The van der Waals surface area contributed by atoms with Crippen LogP contribution in [0, 0.1) is 0 Å². The average Bonchev–Trinajstić information content (AvgIpc) is 2.74. The summed E-state index contributed by atoms with van der Waals surface area (Å²) < 4.78 is 6.23. The lowest BCUT2D eigenvalue weighted by Crippen LogP contribution is -2.05. The van der Waals surface area contributed by atoms with Crippen LogP contribution in [-0.4, -0.2) is 12.0 Å². The number of nitrogens with zero attached hydrogens (tertiary/aromatic N) is 1. The van der Waals surface area contributed by atoms with E-state index < -0.39 is 0 Å². The van der Waals surface area contributed by atoms with Gasteiger partial charge in [-0.3, -0.25) is 0 Å². The molecule has 0 fully saturated rings. The first-order valence-electron chi connectivity index (χ1n) is 5.24. The zero-order valence-electron chi connectivity index (χ0n) is 9.44. The standard InChI is InChI=1S/C12H13ClN2OS/c1-14-6-9-3-2-4-10(5-9)16-8-11-7-15-12(13)17-11/h2-5,7,14H,6,8H2,1H3. The van der Waals surface area contributed by atoms with E-state index in [1.54, 1.807) is 6.20 Å². The smallest absolute Gasteiger partial charge is 0.183 e. The Morgan fingerprint density at radius 3 is 3.06 bits per heavy atom. The first kappa shape index (κ1) is 12.4. The van der Waals surface area contributed by atoms with Crippen molar-refractivity contribution in [3.8, 4) is 5.75 Å². The van der Waals surface area contributed by atoms with Crippen LogP contribution in [0.4, 0.5) is 0 Å². The van der Waals surface area contributed by atoms with Crippen LogP contribution in [0.3, 0.4) is 0 Å². The predicted molar refractivity (Wildman–Crippen MR) is 70.7 cm³/mol. The van der Waals surface area contributed by atoms with E-state index in [0.717, 1.165) is 17.2 Å². The maximum atomic E-state index is 5.75. The molecule has 0 atom stereocenters. The molecule has 2 rings (SSSR count). The van der Waals surface area contributed by atoms with Gasteiger partial charge in [0.15, 0.2) is 4.47 Å². The van der Waals surface area contributed by atoms with Crippen molar-refractivity contribution in [3.63, 3.8) is 0 Å². The highest BCUT2D eigenvalue weighted by Gasteiger charge is 2.01. The minimum absolute atomic E-state index is 0.507. The molecule has 90 valence electrons. The van der Waals surface area contributed by atoms with Crippen molar-refractivity contribution in [2.45, 2.75) is 13.2 Å². The number of benzene rings is 1. The monoisotopic (exact) mass is 268 g/mol. The molecule has 1 aromatic heterocycles. The Balaban J connectivity index is 1.96. The third-order valence-corrected chi connectivity index (χ3v) is 3.27. The second-order valence-electron chi connectivity index (χ2n) is 3.55. The van der Waals surface area contributed by atoms with Crippen molar-refractivity contribution in [1.29, 1.82) is 0 Å². The molecule has 2 aromatic rings. The highest BCUT2D eigenvalue weighted by Crippen LogP contribution is 2.20. The Labute approximate surface area is 109 Å². The van der Waals surface area contributed by atoms with Gasteiger partial charge in [0.25, 0.3) is 0 Å². The summed E-state index contributed by atoms with van der Waals surface area (Å²) in [5.74, 6) is 0.863. The first-order valence-corrected chi connectivity index (χ1v) is 6.44. The summed E-state index contributed by atoms with van der Waals surface area (Å²) in [6.07, 6.45) is 1.74. The molecule has 1 heterocycles. The van der Waals surface area contributed by atoms with E-state index in [2.05, 4.69) is 16.4 Å². The summed E-state index contributed by atoms with van der Waals surface area (Å²) >= 11 is 7.19. The zero-order chi connectivity index (χ0) is 12.1. The number of ether oxygens (including phenoxy) is 1. The van der Waals surface area contributed by atoms with Gasteiger partial charge in [0.2, 0.25) is 0 Å². The lowest BCUT2D eigenvalue weighted by Gasteiger charge is -2.06. The number of aromatic nitrogens is 1. The molecular formula is C12H13ClN2OS. The Morgan fingerprint density at radius 2 is 2.35 bits per heavy atom. The number of nitrogens with one attached hydrogen (secondary N) is 1. The quantitative estimate of drug-likeness (QED) is 0.905. The Morgan fingerprint density at radius 1 is 1.47 bits per heavy atom. The molecule has 0 radical (unpaired) electrons. The highest BCUT2D eigenvalue weighted by molar-refractivity contribution is 7.15. The van der Waals surface area contributed by atoms with Gasteiger partial charge < -0.3 is 10.1 Å². The summed E-state index contributed by atoms with van der Waals surface area (Å²) in [5, 5.41) is 3.11. The number of halogens is 1. The molecule has 0 aliphatic rings. The van der Waals surface area contributed by atoms with Crippen LogP contribution in [-0.2, 0) is 13.2 Å². The lowest BCUT2D eigenvalue weighted by atomic mass is 10.2. The van der Waals surface area contributed by atoms with Crippen LogP contribution < -0.4 is 10.1 Å². The van der Waals surface area contributed by atoms with Crippen molar-refractivity contribution in [1.82, 2.24) is 10.3 Å². The Bertz CT molecular complexity index is 487. The van der Waals surface area contributed by atoms with Crippen LogP contribution >= 0.6 is 22.9 Å². The summed E-state index contributed by atoms with van der Waals surface area (Å²) in [5.41, 5.74) is 1.20. The maximum Gasteiger partial charge on any atom is 0.183 e. The third kappa shape index (κ3) is 3.70. The second kappa shape index (κ2) is 6.00. The van der Waals surface area contributed by atoms with Crippen LogP contribution in [0.15, 0.2) is 30.5 Å². The molecule has 0 saturated carbocycles. The molecule has 3 nitrogen and oxygen atoms in total. The summed E-state index contributed by atoms with van der Waals surface area (Å²) in [7, 11) is 1.92. The zero-order valence-corrected chi connectivity index (χ0v) is 11.0. The Kier molecular flexibility index (Phi) is 4.36. The van der Waals surface area contributed by atoms with Crippen molar-refractivity contribution in [2.24, 2.45) is 0 Å². The minimum atomic E-state index is 0.507. The molecule has 5 heteroatoms. The lowest BCUT2D eigenvalue weighted by molar-refractivity contribution is 0.309. The maximum absolute atomic E-state index is 5.75. The molecule has 1 aromatic carbocycles. The number of rotatable bonds is 5. The molecule has 0 bridgehead atoms. The largest absolute Gasteiger partial charge is 0.488 e. The highest BCUT2D eigenvalue weighted by atomic mass is 35.5. The summed E-state index contributed by atoms with van der Waals surface area (Å²) in [6, 6.07) is 8.02. The molecule has 0 aliphatic carbocycles. The predicted octanol–water partition coefficient (Wildman–Crippen LogP) is 3.09. The van der Waals surface area contributed by atoms with Crippen molar-refractivity contribution in [2.75, 3.05) is 7.05 Å². The van der Waals surface area contributed by atoms with Gasteiger partial charge in [-0.15, -0.1) is 11.3 Å². The van der Waals surface area contributed by atoms with E-state index in [4.69, 9.17) is 16.3 Å². The normalized spacial score (nSPS) is 10.5. The molecule has 1 N–H and O–H groups in total. The van der Waals surface area contributed by atoms with E-state index in [0.29, 0.717) is 11.1 Å². The van der Waals surface area contributed by atoms with E-state index >= 15 is 0 Å². The van der Waals surface area contributed by atoms with Gasteiger partial charge in [0.1, 0.15) is 12.4 Å². The van der Waals surface area contributed by atoms with Crippen molar-refractivity contribution >= 4 is 22.9 Å². The average molecular weight is 269 g/mol. The van der Waals surface area contributed by atoms with Gasteiger partial charge in [0, 0.05) is 12.7 Å². The molecule has 0 unspecified atom stereocenters. The van der Waals surface area contributed by atoms with Crippen LogP contribution in [0.5, 0.6) is 5.75 Å². The molecule has 17 heavy (non-hydrogen) atoms. The molecule has 0 amide bonds. The van der Waals surface area contributed by atoms with E-state index in [1.165, 1.54) is 16.9 Å². The van der Waals surface area contributed by atoms with Gasteiger partial charge in [-0.05, 0) is 24.7 Å². The fraction of sp³-hybridized carbons (Fsp3) is 0.250. The molecule has 0 saturated heterocycles. The Hall–Kier alpha value is -1.10. The van der Waals surface area contributed by atoms with Gasteiger partial charge in [-0.2, -0.15) is 0 Å². The second-order valence-corrected chi connectivity index (χ2v) is 5.24. The SMILES string of the molecule is CNCc1cccc(OCc2cnc(Cl)s2)c1. The van der Waals surface area contributed by atoms with Crippen LogP contribution in [0.25, 0.3) is 0 Å². The molecular weight excluding hydrogens is 256 g/mol. The number of hydrogen-bond donors (Lipinski definition) is 1. The fourth-order valence-electron chi connectivity index (χ4n) is 1.45. The van der Waals surface area contributed by atoms with Crippen molar-refractivity contribution in [3.05, 3.63) is 45.4 Å². The number of thiazole rings is 1. The van der Waals surface area contributed by atoms with E-state index in [1.807, 2.05) is 25.2 Å². The van der Waals surface area contributed by atoms with Gasteiger partial charge in [-0.25, -0.2) is 4.98 Å². The van der Waals surface area contributed by atoms with E-state index in [9.17, 15) is 0 Å². The first-order chi connectivity index (χ1) is 8.28. The summed E-state index contributed by atoms with van der Waals surface area (Å²) in [4.78, 5) is 4.99. The van der Waals surface area contributed by atoms with Crippen LogP contribution in [0.1, 0.15) is 10.4 Å². The fourth-order valence-corrected chi connectivity index (χ4v) is 2.35. The van der Waals surface area contributed by atoms with E-state index in [-0.39, 0.29) is 0 Å². The van der Waals surface area contributed by atoms with Gasteiger partial charge >= 0.3 is 0 Å².